The van der Waals surface area contributed by atoms with Gasteiger partial charge in [0.15, 0.2) is 6.10 Å². The molecular weight excluding hydrogens is 378 g/mol. The minimum absolute atomic E-state index is 0.189. The molecule has 5 nitrogen and oxygen atoms in total. The number of hydrogen-bond donors (Lipinski definition) is 0. The first-order valence-electron chi connectivity index (χ1n) is 10.2. The van der Waals surface area contributed by atoms with E-state index in [1.54, 1.807) is 25.9 Å². The summed E-state index contributed by atoms with van der Waals surface area (Å²) in [5, 5.41) is 2.06. The number of carbonyl (C=O) groups is 2. The van der Waals surface area contributed by atoms with Gasteiger partial charge in [-0.2, -0.15) is 0 Å². The number of ether oxygens (including phenoxy) is 2. The molecule has 0 saturated carbocycles. The molecule has 0 saturated heterocycles. The average molecular weight is 403 g/mol. The smallest absolute Gasteiger partial charge is 0.313 e. The highest BCUT2D eigenvalue weighted by molar-refractivity contribution is 5.99. The number of methoxy groups -OCH3 is 1. The summed E-state index contributed by atoms with van der Waals surface area (Å²) in [6.07, 6.45) is -0.0169. The molecule has 3 aromatic carbocycles. The van der Waals surface area contributed by atoms with Gasteiger partial charge in [-0.15, -0.1) is 0 Å². The molecule has 154 valence electrons. The van der Waals surface area contributed by atoms with Crippen molar-refractivity contribution < 1.29 is 19.1 Å². The van der Waals surface area contributed by atoms with E-state index < -0.39 is 18.0 Å². The van der Waals surface area contributed by atoms with Crippen LogP contribution in [0, 0.1) is 0 Å². The SMILES string of the molecule is COc1ccc2cc([C@H](C)C(=O)O[C@H](C)C(=O)N3CCc4ccccc43)ccc2c1. The second-order valence-corrected chi connectivity index (χ2v) is 7.64. The van der Waals surface area contributed by atoms with Crippen LogP contribution in [-0.4, -0.2) is 31.6 Å². The normalized spacial score (nSPS) is 14.8. The lowest BCUT2D eigenvalue weighted by Crippen LogP contribution is -2.39. The maximum atomic E-state index is 12.9. The molecule has 0 N–H and O–H groups in total. The molecule has 1 heterocycles. The zero-order valence-corrected chi connectivity index (χ0v) is 17.4. The largest absolute Gasteiger partial charge is 0.497 e. The van der Waals surface area contributed by atoms with Crippen molar-refractivity contribution in [3.8, 4) is 5.75 Å². The summed E-state index contributed by atoms with van der Waals surface area (Å²) >= 11 is 0. The third kappa shape index (κ3) is 3.75. The van der Waals surface area contributed by atoms with Gasteiger partial charge in [0.05, 0.1) is 13.0 Å². The van der Waals surface area contributed by atoms with Crippen molar-refractivity contribution in [3.05, 3.63) is 71.8 Å². The summed E-state index contributed by atoms with van der Waals surface area (Å²) in [5.74, 6) is -0.279. The molecule has 30 heavy (non-hydrogen) atoms. The molecule has 0 aliphatic carbocycles. The van der Waals surface area contributed by atoms with E-state index in [9.17, 15) is 9.59 Å². The Kier molecular flexibility index (Phi) is 5.44. The molecule has 0 unspecified atom stereocenters. The Balaban J connectivity index is 1.45. The van der Waals surface area contributed by atoms with Gasteiger partial charge in [-0.05, 0) is 60.4 Å². The predicted molar refractivity (Wildman–Crippen MR) is 117 cm³/mol. The van der Waals surface area contributed by atoms with Gasteiger partial charge in [-0.25, -0.2) is 0 Å². The van der Waals surface area contributed by atoms with Gasteiger partial charge in [0.1, 0.15) is 5.75 Å². The highest BCUT2D eigenvalue weighted by atomic mass is 16.5. The fourth-order valence-electron chi connectivity index (χ4n) is 3.89. The van der Waals surface area contributed by atoms with E-state index >= 15 is 0 Å². The number of benzene rings is 3. The second kappa shape index (κ2) is 8.19. The van der Waals surface area contributed by atoms with Gasteiger partial charge in [-0.3, -0.25) is 9.59 Å². The van der Waals surface area contributed by atoms with Gasteiger partial charge in [0, 0.05) is 12.2 Å². The Morgan fingerprint density at radius 2 is 1.70 bits per heavy atom. The van der Waals surface area contributed by atoms with E-state index in [0.717, 1.165) is 39.8 Å². The van der Waals surface area contributed by atoms with Gasteiger partial charge in [0.2, 0.25) is 0 Å². The topological polar surface area (TPSA) is 55.8 Å². The number of hydrogen-bond acceptors (Lipinski definition) is 4. The van der Waals surface area contributed by atoms with E-state index in [-0.39, 0.29) is 5.91 Å². The van der Waals surface area contributed by atoms with Crippen molar-refractivity contribution in [2.45, 2.75) is 32.3 Å². The van der Waals surface area contributed by atoms with Crippen LogP contribution in [-0.2, 0) is 20.7 Å². The average Bonchev–Trinajstić information content (AvgIpc) is 3.21. The Bertz CT molecular complexity index is 1110. The van der Waals surface area contributed by atoms with Crippen LogP contribution in [0.15, 0.2) is 60.7 Å². The van der Waals surface area contributed by atoms with Gasteiger partial charge >= 0.3 is 5.97 Å². The zero-order chi connectivity index (χ0) is 21.3. The molecule has 0 spiro atoms. The molecule has 0 fully saturated rings. The number of amides is 1. The molecule has 1 aliphatic rings. The second-order valence-electron chi connectivity index (χ2n) is 7.64. The Labute approximate surface area is 176 Å². The molecule has 5 heteroatoms. The molecule has 4 rings (SSSR count). The van der Waals surface area contributed by atoms with E-state index in [4.69, 9.17) is 9.47 Å². The summed E-state index contributed by atoms with van der Waals surface area (Å²) in [4.78, 5) is 27.3. The van der Waals surface area contributed by atoms with E-state index in [1.807, 2.05) is 60.7 Å². The fraction of sp³-hybridized carbons (Fsp3) is 0.280. The summed E-state index contributed by atoms with van der Waals surface area (Å²) in [5.41, 5.74) is 2.90. The Morgan fingerprint density at radius 3 is 2.50 bits per heavy atom. The molecule has 0 radical (unpaired) electrons. The van der Waals surface area contributed by atoms with E-state index in [0.29, 0.717) is 6.54 Å². The summed E-state index contributed by atoms with van der Waals surface area (Å²) in [6.45, 7) is 4.06. The maximum absolute atomic E-state index is 12.9. The summed E-state index contributed by atoms with van der Waals surface area (Å²) in [7, 11) is 1.64. The quantitative estimate of drug-likeness (QED) is 0.590. The van der Waals surface area contributed by atoms with Crippen molar-refractivity contribution in [2.75, 3.05) is 18.6 Å². The molecule has 2 atom stereocenters. The number of carbonyl (C=O) groups excluding carboxylic acids is 2. The monoisotopic (exact) mass is 403 g/mol. The molecule has 3 aromatic rings. The van der Waals surface area contributed by atoms with Crippen molar-refractivity contribution in [1.82, 2.24) is 0 Å². The standard InChI is InChI=1S/C25H25NO4/c1-16(19-8-9-21-15-22(29-3)11-10-20(21)14-19)25(28)30-17(2)24(27)26-13-12-18-6-4-5-7-23(18)26/h4-11,14-17H,12-13H2,1-3H3/t16-,17+/m0/s1. The fourth-order valence-corrected chi connectivity index (χ4v) is 3.89. The lowest BCUT2D eigenvalue weighted by Gasteiger charge is -2.23. The van der Waals surface area contributed by atoms with E-state index in [1.165, 1.54) is 0 Å². The van der Waals surface area contributed by atoms with E-state index in [2.05, 4.69) is 0 Å². The van der Waals surface area contributed by atoms with Crippen LogP contribution in [0.4, 0.5) is 5.69 Å². The Morgan fingerprint density at radius 1 is 0.967 bits per heavy atom. The number of rotatable bonds is 5. The minimum atomic E-state index is -0.837. The predicted octanol–water partition coefficient (Wildman–Crippen LogP) is 4.47. The molecule has 0 aromatic heterocycles. The van der Waals surface area contributed by atoms with Crippen molar-refractivity contribution in [2.24, 2.45) is 0 Å². The van der Waals surface area contributed by atoms with Crippen LogP contribution in [0.5, 0.6) is 5.75 Å². The zero-order valence-electron chi connectivity index (χ0n) is 17.4. The number of para-hydroxylation sites is 1. The van der Waals surface area contributed by atoms with Crippen molar-refractivity contribution in [1.29, 1.82) is 0 Å². The summed E-state index contributed by atoms with van der Waals surface area (Å²) in [6, 6.07) is 19.5. The molecular formula is C25H25NO4. The molecule has 1 aliphatic heterocycles. The maximum Gasteiger partial charge on any atom is 0.313 e. The lowest BCUT2D eigenvalue weighted by atomic mass is 9.98. The van der Waals surface area contributed by atoms with Crippen LogP contribution in [0.2, 0.25) is 0 Å². The van der Waals surface area contributed by atoms with Crippen LogP contribution in [0.25, 0.3) is 10.8 Å². The van der Waals surface area contributed by atoms with Gasteiger partial charge < -0.3 is 14.4 Å². The number of anilines is 1. The molecule has 1 amide bonds. The molecule has 0 bridgehead atoms. The van der Waals surface area contributed by atoms with Gasteiger partial charge in [-0.1, -0.05) is 42.5 Å². The third-order valence-corrected chi connectivity index (χ3v) is 5.72. The minimum Gasteiger partial charge on any atom is -0.497 e. The van der Waals surface area contributed by atoms with Crippen molar-refractivity contribution >= 4 is 28.3 Å². The third-order valence-electron chi connectivity index (χ3n) is 5.72. The summed E-state index contributed by atoms with van der Waals surface area (Å²) < 4.78 is 10.8. The van der Waals surface area contributed by atoms with Crippen LogP contribution in [0.1, 0.15) is 30.9 Å². The van der Waals surface area contributed by atoms with Crippen molar-refractivity contribution in [3.63, 3.8) is 0 Å². The van der Waals surface area contributed by atoms with Gasteiger partial charge in [0.25, 0.3) is 5.91 Å². The first kappa shape index (κ1) is 20.0. The number of nitrogens with zero attached hydrogens (tertiary/aromatic N) is 1. The van der Waals surface area contributed by atoms with Crippen LogP contribution in [0.3, 0.4) is 0 Å². The lowest BCUT2D eigenvalue weighted by molar-refractivity contribution is -0.155. The number of esters is 1. The highest BCUT2D eigenvalue weighted by Crippen LogP contribution is 2.29. The first-order chi connectivity index (χ1) is 14.5. The highest BCUT2D eigenvalue weighted by Gasteiger charge is 2.31. The van der Waals surface area contributed by atoms with Crippen LogP contribution >= 0.6 is 0 Å². The van der Waals surface area contributed by atoms with Crippen LogP contribution < -0.4 is 9.64 Å². The Hall–Kier alpha value is -3.34. The first-order valence-corrected chi connectivity index (χ1v) is 10.2. The number of fused-ring (bicyclic) bond motifs is 2.